The van der Waals surface area contributed by atoms with Gasteiger partial charge in [0.05, 0.1) is 29.9 Å². The Morgan fingerprint density at radius 2 is 1.59 bits per heavy atom. The van der Waals surface area contributed by atoms with Gasteiger partial charge >= 0.3 is 5.97 Å². The predicted molar refractivity (Wildman–Crippen MR) is 143 cm³/mol. The number of rotatable bonds is 7. The average Bonchev–Trinajstić information content (AvgIpc) is 2.93. The van der Waals surface area contributed by atoms with E-state index < -0.39 is 5.97 Å². The van der Waals surface area contributed by atoms with Crippen LogP contribution in [-0.2, 0) is 4.74 Å². The number of hydrogen-bond donors (Lipinski definition) is 1. The summed E-state index contributed by atoms with van der Waals surface area (Å²) in [5.74, 6) is 0.200. The number of carbonyl (C=O) groups is 3. The van der Waals surface area contributed by atoms with Gasteiger partial charge in [-0.2, -0.15) is 0 Å². The predicted octanol–water partition coefficient (Wildman–Crippen LogP) is 5.80. The molecule has 0 aromatic heterocycles. The van der Waals surface area contributed by atoms with E-state index in [9.17, 15) is 14.4 Å². The van der Waals surface area contributed by atoms with E-state index >= 15 is 0 Å². The summed E-state index contributed by atoms with van der Waals surface area (Å²) in [5, 5.41) is 3.20. The number of anilines is 1. The maximum absolute atomic E-state index is 12.9. The number of amides is 2. The van der Waals surface area contributed by atoms with Gasteiger partial charge in [-0.05, 0) is 85.8 Å². The van der Waals surface area contributed by atoms with E-state index in [0.29, 0.717) is 58.8 Å². The van der Waals surface area contributed by atoms with Gasteiger partial charge in [0, 0.05) is 24.3 Å². The van der Waals surface area contributed by atoms with Gasteiger partial charge in [-0.1, -0.05) is 23.7 Å². The summed E-state index contributed by atoms with van der Waals surface area (Å²) in [6.45, 7) is 3.37. The Hall–Kier alpha value is -3.84. The minimum Gasteiger partial charge on any atom is -0.497 e. The fraction of sp³-hybridized carbons (Fsp3) is 0.276. The van der Waals surface area contributed by atoms with Crippen LogP contribution in [-0.4, -0.2) is 49.5 Å². The van der Waals surface area contributed by atoms with Crippen LogP contribution in [0.1, 0.15) is 62.3 Å². The molecule has 37 heavy (non-hydrogen) atoms. The summed E-state index contributed by atoms with van der Waals surface area (Å²) in [5.41, 5.74) is 3.22. The minimum atomic E-state index is -0.391. The molecule has 0 bridgehead atoms. The molecule has 3 aromatic rings. The average molecular weight is 521 g/mol. The lowest BCUT2D eigenvalue weighted by Crippen LogP contribution is -2.37. The van der Waals surface area contributed by atoms with Crippen molar-refractivity contribution in [1.29, 1.82) is 0 Å². The number of ether oxygens (including phenoxy) is 2. The topological polar surface area (TPSA) is 84.9 Å². The summed E-state index contributed by atoms with van der Waals surface area (Å²) in [7, 11) is 1.54. The lowest BCUT2D eigenvalue weighted by molar-refractivity contribution is 0.0525. The molecule has 1 fully saturated rings. The van der Waals surface area contributed by atoms with Crippen molar-refractivity contribution in [2.75, 3.05) is 32.1 Å². The highest BCUT2D eigenvalue weighted by Crippen LogP contribution is 2.30. The molecule has 1 saturated heterocycles. The molecule has 0 atom stereocenters. The van der Waals surface area contributed by atoms with Crippen LogP contribution in [0.4, 0.5) is 5.69 Å². The molecule has 1 aliphatic heterocycles. The first-order valence-corrected chi connectivity index (χ1v) is 12.6. The third-order valence-electron chi connectivity index (χ3n) is 6.49. The Bertz CT molecular complexity index is 1270. The van der Waals surface area contributed by atoms with E-state index in [2.05, 4.69) is 5.32 Å². The van der Waals surface area contributed by atoms with Crippen LogP contribution in [0.3, 0.4) is 0 Å². The van der Waals surface area contributed by atoms with Crippen LogP contribution in [0, 0.1) is 0 Å². The Morgan fingerprint density at radius 3 is 2.19 bits per heavy atom. The summed E-state index contributed by atoms with van der Waals surface area (Å²) in [6.07, 6.45) is 1.69. The van der Waals surface area contributed by atoms with Crippen molar-refractivity contribution in [3.63, 3.8) is 0 Å². The summed E-state index contributed by atoms with van der Waals surface area (Å²) < 4.78 is 10.1. The van der Waals surface area contributed by atoms with E-state index in [4.69, 9.17) is 21.1 Å². The van der Waals surface area contributed by atoms with Gasteiger partial charge in [0.25, 0.3) is 11.8 Å². The normalized spacial score (nSPS) is 13.6. The number of carbonyl (C=O) groups excluding carboxylic acids is 3. The summed E-state index contributed by atoms with van der Waals surface area (Å²) in [6, 6.07) is 19.3. The maximum Gasteiger partial charge on any atom is 0.338 e. The van der Waals surface area contributed by atoms with E-state index in [1.165, 1.54) is 5.56 Å². The number of benzene rings is 3. The smallest absolute Gasteiger partial charge is 0.338 e. The Kier molecular flexibility index (Phi) is 8.46. The number of nitrogens with zero attached hydrogens (tertiary/aromatic N) is 1. The third-order valence-corrected chi connectivity index (χ3v) is 6.80. The Morgan fingerprint density at radius 1 is 0.946 bits per heavy atom. The lowest BCUT2D eigenvalue weighted by atomic mass is 9.89. The number of methoxy groups -OCH3 is 1. The molecule has 4 rings (SSSR count). The van der Waals surface area contributed by atoms with Gasteiger partial charge in [-0.3, -0.25) is 9.59 Å². The van der Waals surface area contributed by atoms with Crippen LogP contribution in [0.15, 0.2) is 66.7 Å². The zero-order chi connectivity index (χ0) is 26.4. The Labute approximate surface area is 221 Å². The van der Waals surface area contributed by atoms with E-state index in [-0.39, 0.29) is 11.8 Å². The monoisotopic (exact) mass is 520 g/mol. The molecule has 2 amide bonds. The highest BCUT2D eigenvalue weighted by molar-refractivity contribution is 6.34. The molecular weight excluding hydrogens is 492 g/mol. The first-order valence-electron chi connectivity index (χ1n) is 12.2. The number of halogens is 1. The molecule has 1 heterocycles. The molecule has 1 aliphatic rings. The number of hydrogen-bond acceptors (Lipinski definition) is 5. The SMILES string of the molecule is CCOC(=O)c1ccc(C(=O)N2CCC(c3ccc(NC(=O)c4ccc(OC)cc4Cl)cc3)CC2)cc1. The van der Waals surface area contributed by atoms with Gasteiger partial charge in [-0.15, -0.1) is 0 Å². The van der Waals surface area contributed by atoms with Crippen LogP contribution in [0.2, 0.25) is 5.02 Å². The van der Waals surface area contributed by atoms with Crippen LogP contribution in [0.5, 0.6) is 5.75 Å². The maximum atomic E-state index is 12.9. The van der Waals surface area contributed by atoms with Crippen molar-refractivity contribution in [1.82, 2.24) is 4.90 Å². The number of piperidine rings is 1. The zero-order valence-electron chi connectivity index (χ0n) is 20.8. The van der Waals surface area contributed by atoms with Crippen LogP contribution in [0.25, 0.3) is 0 Å². The van der Waals surface area contributed by atoms with Gasteiger partial charge in [0.1, 0.15) is 5.75 Å². The summed E-state index contributed by atoms with van der Waals surface area (Å²) in [4.78, 5) is 39.2. The second-order valence-electron chi connectivity index (χ2n) is 8.79. The highest BCUT2D eigenvalue weighted by atomic mass is 35.5. The van der Waals surface area contributed by atoms with Gasteiger partial charge < -0.3 is 19.7 Å². The largest absolute Gasteiger partial charge is 0.497 e. The molecule has 1 N–H and O–H groups in total. The molecule has 0 radical (unpaired) electrons. The zero-order valence-corrected chi connectivity index (χ0v) is 21.6. The minimum absolute atomic E-state index is 0.0379. The lowest BCUT2D eigenvalue weighted by Gasteiger charge is -2.32. The highest BCUT2D eigenvalue weighted by Gasteiger charge is 2.25. The molecule has 3 aromatic carbocycles. The fourth-order valence-corrected chi connectivity index (χ4v) is 4.66. The van der Waals surface area contributed by atoms with Gasteiger partial charge in [0.2, 0.25) is 0 Å². The number of esters is 1. The Balaban J connectivity index is 1.31. The van der Waals surface area contributed by atoms with Crippen molar-refractivity contribution >= 4 is 35.1 Å². The van der Waals surface area contributed by atoms with Gasteiger partial charge in [0.15, 0.2) is 0 Å². The van der Waals surface area contributed by atoms with Crippen LogP contribution >= 0.6 is 11.6 Å². The van der Waals surface area contributed by atoms with Crippen molar-refractivity contribution in [2.24, 2.45) is 0 Å². The molecule has 0 unspecified atom stereocenters. The molecule has 0 spiro atoms. The molecule has 0 aliphatic carbocycles. The van der Waals surface area contributed by atoms with E-state index in [0.717, 1.165) is 12.8 Å². The second-order valence-corrected chi connectivity index (χ2v) is 9.19. The molecule has 192 valence electrons. The quantitative estimate of drug-likeness (QED) is 0.398. The molecular formula is C29H29ClN2O5. The molecule has 7 nitrogen and oxygen atoms in total. The van der Waals surface area contributed by atoms with E-state index in [1.807, 2.05) is 29.2 Å². The standard InChI is InChI=1S/C29H29ClN2O5/c1-3-37-29(35)22-6-4-21(5-7-22)28(34)32-16-14-20(15-17-32)19-8-10-23(11-9-19)31-27(33)25-13-12-24(36-2)18-26(25)30/h4-13,18,20H,3,14-17H2,1-2H3,(H,31,33). The van der Waals surface area contributed by atoms with Gasteiger partial charge in [-0.25, -0.2) is 4.79 Å². The van der Waals surface area contributed by atoms with Crippen LogP contribution < -0.4 is 10.1 Å². The van der Waals surface area contributed by atoms with Crippen molar-refractivity contribution in [2.45, 2.75) is 25.7 Å². The summed E-state index contributed by atoms with van der Waals surface area (Å²) >= 11 is 6.21. The third kappa shape index (κ3) is 6.30. The first kappa shape index (κ1) is 26.2. The fourth-order valence-electron chi connectivity index (χ4n) is 4.41. The first-order chi connectivity index (χ1) is 17.9. The second kappa shape index (κ2) is 11.9. The molecule has 8 heteroatoms. The number of likely N-dealkylation sites (tertiary alicyclic amines) is 1. The van der Waals surface area contributed by atoms with Crippen molar-refractivity contribution < 1.29 is 23.9 Å². The van der Waals surface area contributed by atoms with Crippen molar-refractivity contribution in [3.8, 4) is 5.75 Å². The van der Waals surface area contributed by atoms with E-state index in [1.54, 1.807) is 56.5 Å². The number of nitrogens with one attached hydrogen (secondary N) is 1. The van der Waals surface area contributed by atoms with Crippen molar-refractivity contribution in [3.05, 3.63) is 94.0 Å². The molecule has 0 saturated carbocycles.